The normalized spacial score (nSPS) is 10.6. The van der Waals surface area contributed by atoms with Gasteiger partial charge in [-0.2, -0.15) is 0 Å². The highest BCUT2D eigenvalue weighted by Crippen LogP contribution is 2.22. The molecule has 0 radical (unpaired) electrons. The first-order chi connectivity index (χ1) is 7.83. The second-order valence-corrected chi connectivity index (χ2v) is 4.23. The summed E-state index contributed by atoms with van der Waals surface area (Å²) in [6.45, 7) is 5.54. The van der Waals surface area contributed by atoms with Crippen LogP contribution in [-0.2, 0) is 6.54 Å². The van der Waals surface area contributed by atoms with Gasteiger partial charge in [-0.05, 0) is 31.0 Å². The Morgan fingerprint density at radius 3 is 2.44 bits per heavy atom. The molecule has 2 aromatic rings. The van der Waals surface area contributed by atoms with Crippen LogP contribution in [0.5, 0.6) is 0 Å². The lowest BCUT2D eigenvalue weighted by Gasteiger charge is -2.11. The van der Waals surface area contributed by atoms with Gasteiger partial charge >= 0.3 is 0 Å². The third kappa shape index (κ3) is 2.19. The standard InChI is InChI=1S/C15H19N/c1-3-4-12-16-13(2)10-11-15(16)14-8-6-5-7-9-14/h5-11H,3-4,12H2,1-2H3. The molecular formula is C15H19N. The summed E-state index contributed by atoms with van der Waals surface area (Å²) in [7, 11) is 0. The van der Waals surface area contributed by atoms with Gasteiger partial charge in [0.15, 0.2) is 0 Å². The molecule has 0 aliphatic rings. The highest BCUT2D eigenvalue weighted by atomic mass is 15.0. The fourth-order valence-corrected chi connectivity index (χ4v) is 2.04. The summed E-state index contributed by atoms with van der Waals surface area (Å²) in [6.07, 6.45) is 2.49. The van der Waals surface area contributed by atoms with E-state index in [9.17, 15) is 0 Å². The number of benzene rings is 1. The molecule has 0 amide bonds. The van der Waals surface area contributed by atoms with Gasteiger partial charge < -0.3 is 4.57 Å². The van der Waals surface area contributed by atoms with E-state index < -0.39 is 0 Å². The highest BCUT2D eigenvalue weighted by Gasteiger charge is 2.05. The van der Waals surface area contributed by atoms with Crippen LogP contribution in [0.4, 0.5) is 0 Å². The lowest BCUT2D eigenvalue weighted by atomic mass is 10.1. The number of hydrogen-bond acceptors (Lipinski definition) is 0. The Balaban J connectivity index is 2.34. The smallest absolute Gasteiger partial charge is 0.0482 e. The van der Waals surface area contributed by atoms with E-state index in [0.717, 1.165) is 6.54 Å². The third-order valence-electron chi connectivity index (χ3n) is 3.00. The molecule has 1 heteroatoms. The minimum absolute atomic E-state index is 1.12. The number of nitrogens with zero attached hydrogens (tertiary/aromatic N) is 1. The second-order valence-electron chi connectivity index (χ2n) is 4.23. The number of aromatic nitrogens is 1. The first kappa shape index (κ1) is 11.0. The Labute approximate surface area is 97.7 Å². The van der Waals surface area contributed by atoms with Crippen molar-refractivity contribution in [2.45, 2.75) is 33.2 Å². The molecule has 0 spiro atoms. The Morgan fingerprint density at radius 1 is 1.00 bits per heavy atom. The molecule has 0 fully saturated rings. The van der Waals surface area contributed by atoms with Gasteiger partial charge in [0.05, 0.1) is 0 Å². The first-order valence-electron chi connectivity index (χ1n) is 6.04. The summed E-state index contributed by atoms with van der Waals surface area (Å²) >= 11 is 0. The zero-order chi connectivity index (χ0) is 11.4. The third-order valence-corrected chi connectivity index (χ3v) is 3.00. The summed E-state index contributed by atoms with van der Waals surface area (Å²) in [5.74, 6) is 0. The summed E-state index contributed by atoms with van der Waals surface area (Å²) < 4.78 is 2.42. The zero-order valence-corrected chi connectivity index (χ0v) is 10.1. The minimum Gasteiger partial charge on any atom is -0.345 e. The van der Waals surface area contributed by atoms with Crippen LogP contribution in [0.25, 0.3) is 11.3 Å². The van der Waals surface area contributed by atoms with Crippen LogP contribution in [0.3, 0.4) is 0 Å². The van der Waals surface area contributed by atoms with E-state index in [4.69, 9.17) is 0 Å². The Morgan fingerprint density at radius 2 is 1.75 bits per heavy atom. The molecule has 2 rings (SSSR count). The van der Waals surface area contributed by atoms with Crippen LogP contribution < -0.4 is 0 Å². The molecule has 84 valence electrons. The van der Waals surface area contributed by atoms with E-state index >= 15 is 0 Å². The van der Waals surface area contributed by atoms with Crippen LogP contribution in [0.1, 0.15) is 25.5 Å². The average molecular weight is 213 g/mol. The largest absolute Gasteiger partial charge is 0.345 e. The monoisotopic (exact) mass is 213 g/mol. The maximum absolute atomic E-state index is 2.42. The molecule has 0 atom stereocenters. The van der Waals surface area contributed by atoms with Gasteiger partial charge in [0.2, 0.25) is 0 Å². The molecule has 1 heterocycles. The van der Waals surface area contributed by atoms with E-state index in [1.807, 2.05) is 0 Å². The molecule has 0 saturated carbocycles. The van der Waals surface area contributed by atoms with Gasteiger partial charge in [0, 0.05) is 17.9 Å². The van der Waals surface area contributed by atoms with Gasteiger partial charge in [-0.1, -0.05) is 43.7 Å². The van der Waals surface area contributed by atoms with Crippen molar-refractivity contribution in [3.8, 4) is 11.3 Å². The molecule has 0 aliphatic carbocycles. The van der Waals surface area contributed by atoms with Gasteiger partial charge in [-0.15, -0.1) is 0 Å². The average Bonchev–Trinajstić information content (AvgIpc) is 2.69. The SMILES string of the molecule is CCCCn1c(C)ccc1-c1ccccc1. The molecule has 16 heavy (non-hydrogen) atoms. The molecule has 1 aromatic carbocycles. The lowest BCUT2D eigenvalue weighted by Crippen LogP contribution is -2.01. The van der Waals surface area contributed by atoms with Crippen molar-refractivity contribution in [3.63, 3.8) is 0 Å². The molecule has 0 aliphatic heterocycles. The van der Waals surface area contributed by atoms with Crippen LogP contribution >= 0.6 is 0 Å². The second kappa shape index (κ2) is 5.02. The maximum Gasteiger partial charge on any atom is 0.0482 e. The minimum atomic E-state index is 1.12. The molecule has 0 N–H and O–H groups in total. The molecule has 1 aromatic heterocycles. The molecule has 1 nitrogen and oxygen atoms in total. The zero-order valence-electron chi connectivity index (χ0n) is 10.1. The number of unbranched alkanes of at least 4 members (excludes halogenated alkanes) is 1. The van der Waals surface area contributed by atoms with E-state index in [-0.39, 0.29) is 0 Å². The number of rotatable bonds is 4. The summed E-state index contributed by atoms with van der Waals surface area (Å²) in [6, 6.07) is 15.0. The van der Waals surface area contributed by atoms with E-state index in [1.54, 1.807) is 0 Å². The summed E-state index contributed by atoms with van der Waals surface area (Å²) in [5, 5.41) is 0. The van der Waals surface area contributed by atoms with Crippen molar-refractivity contribution >= 4 is 0 Å². The lowest BCUT2D eigenvalue weighted by molar-refractivity contribution is 0.627. The quantitative estimate of drug-likeness (QED) is 0.715. The van der Waals surface area contributed by atoms with Crippen LogP contribution in [0, 0.1) is 6.92 Å². The Kier molecular flexibility index (Phi) is 3.45. The maximum atomic E-state index is 2.42. The Bertz CT molecular complexity index is 440. The molecular weight excluding hydrogens is 194 g/mol. The van der Waals surface area contributed by atoms with Gasteiger partial charge in [-0.25, -0.2) is 0 Å². The Hall–Kier alpha value is -1.50. The van der Waals surface area contributed by atoms with E-state index in [0.29, 0.717) is 0 Å². The van der Waals surface area contributed by atoms with Gasteiger partial charge in [-0.3, -0.25) is 0 Å². The van der Waals surface area contributed by atoms with Crippen molar-refractivity contribution in [2.75, 3.05) is 0 Å². The molecule has 0 unspecified atom stereocenters. The first-order valence-corrected chi connectivity index (χ1v) is 6.04. The molecule has 0 bridgehead atoms. The van der Waals surface area contributed by atoms with Crippen LogP contribution in [0.15, 0.2) is 42.5 Å². The van der Waals surface area contributed by atoms with E-state index in [2.05, 4.69) is 60.9 Å². The van der Waals surface area contributed by atoms with Gasteiger partial charge in [0.1, 0.15) is 0 Å². The highest BCUT2D eigenvalue weighted by molar-refractivity contribution is 5.60. The van der Waals surface area contributed by atoms with Crippen LogP contribution in [0.2, 0.25) is 0 Å². The van der Waals surface area contributed by atoms with Crippen molar-refractivity contribution in [1.29, 1.82) is 0 Å². The van der Waals surface area contributed by atoms with Crippen molar-refractivity contribution in [1.82, 2.24) is 4.57 Å². The summed E-state index contributed by atoms with van der Waals surface area (Å²) in [5.41, 5.74) is 4.01. The van der Waals surface area contributed by atoms with Crippen LogP contribution in [-0.4, -0.2) is 4.57 Å². The van der Waals surface area contributed by atoms with Crippen molar-refractivity contribution in [2.24, 2.45) is 0 Å². The topological polar surface area (TPSA) is 4.93 Å². The fraction of sp³-hybridized carbons (Fsp3) is 0.333. The predicted octanol–water partition coefficient (Wildman–Crippen LogP) is 4.26. The van der Waals surface area contributed by atoms with Crippen molar-refractivity contribution < 1.29 is 0 Å². The number of hydrogen-bond donors (Lipinski definition) is 0. The predicted molar refractivity (Wildman–Crippen MR) is 69.5 cm³/mol. The van der Waals surface area contributed by atoms with Gasteiger partial charge in [0.25, 0.3) is 0 Å². The fourth-order valence-electron chi connectivity index (χ4n) is 2.04. The van der Waals surface area contributed by atoms with Crippen molar-refractivity contribution in [3.05, 3.63) is 48.2 Å². The number of aryl methyl sites for hydroxylation is 1. The van der Waals surface area contributed by atoms with E-state index in [1.165, 1.54) is 29.8 Å². The molecule has 0 saturated heterocycles. The summed E-state index contributed by atoms with van der Waals surface area (Å²) in [4.78, 5) is 0.